The summed E-state index contributed by atoms with van der Waals surface area (Å²) >= 11 is 3.00. The molecule has 268 valence electrons. The first-order valence-corrected chi connectivity index (χ1v) is 17.7. The number of carbonyl (C=O) groups excluding carboxylic acids is 3. The van der Waals surface area contributed by atoms with E-state index in [1.807, 2.05) is 39.0 Å². The number of rotatable bonds is 8. The molecule has 5 rings (SSSR count). The van der Waals surface area contributed by atoms with Crippen LogP contribution in [0.5, 0.6) is 5.75 Å². The van der Waals surface area contributed by atoms with Gasteiger partial charge in [-0.25, -0.2) is 4.79 Å². The first-order valence-electron chi connectivity index (χ1n) is 16.9. The molecule has 3 fully saturated rings. The minimum atomic E-state index is -4.49. The fraction of sp³-hybridized carbons (Fsp3) is 0.583. The lowest BCUT2D eigenvalue weighted by Crippen LogP contribution is -2.57. The highest BCUT2D eigenvalue weighted by molar-refractivity contribution is 9.10. The molecule has 2 aromatic rings. The standard InChI is InChI=1S/C36H46BrF3N4O5/c1-34(2,3)49-33(47)42-18-16-41(17-19-42)32(46)35(4,5)48-28-10-6-9-27(21-28)43-15-7-8-25(23-43)31(45)44(26-12-13-26)22-24-11-14-30(37)29(20-24)36(38,39)40/h6,9-11,14,20-21,25-26H,7-8,12-13,15-19,22-23H2,1-5H3/t25-/m1/s1. The molecular formula is C36H46BrF3N4O5. The quantitative estimate of drug-likeness (QED) is 0.286. The average Bonchev–Trinajstić information content (AvgIpc) is 3.88. The van der Waals surface area contributed by atoms with Crippen molar-refractivity contribution >= 4 is 39.5 Å². The van der Waals surface area contributed by atoms with Crippen molar-refractivity contribution in [2.24, 2.45) is 5.92 Å². The van der Waals surface area contributed by atoms with Gasteiger partial charge in [-0.05, 0) is 90.1 Å². The molecule has 9 nitrogen and oxygen atoms in total. The molecule has 49 heavy (non-hydrogen) atoms. The third-order valence-corrected chi connectivity index (χ3v) is 9.71. The lowest BCUT2D eigenvalue weighted by Gasteiger charge is -2.39. The molecule has 13 heteroatoms. The van der Waals surface area contributed by atoms with Gasteiger partial charge < -0.3 is 29.1 Å². The molecule has 0 radical (unpaired) electrons. The number of ether oxygens (including phenoxy) is 2. The largest absolute Gasteiger partial charge is 0.478 e. The van der Waals surface area contributed by atoms with Gasteiger partial charge in [0.25, 0.3) is 5.91 Å². The van der Waals surface area contributed by atoms with E-state index in [4.69, 9.17) is 9.47 Å². The van der Waals surface area contributed by atoms with Crippen molar-refractivity contribution in [1.29, 1.82) is 0 Å². The lowest BCUT2D eigenvalue weighted by atomic mass is 9.95. The Morgan fingerprint density at radius 1 is 0.898 bits per heavy atom. The molecule has 1 atom stereocenters. The van der Waals surface area contributed by atoms with Crippen molar-refractivity contribution in [3.63, 3.8) is 0 Å². The topological polar surface area (TPSA) is 82.6 Å². The van der Waals surface area contributed by atoms with Gasteiger partial charge in [0, 0.05) is 68.1 Å². The second kappa shape index (κ2) is 14.4. The summed E-state index contributed by atoms with van der Waals surface area (Å²) in [5.74, 6) is 0.00841. The molecule has 2 aliphatic heterocycles. The molecular weight excluding hydrogens is 705 g/mol. The van der Waals surface area contributed by atoms with Crippen LogP contribution in [0.4, 0.5) is 23.7 Å². The minimum Gasteiger partial charge on any atom is -0.478 e. The molecule has 0 unspecified atom stereocenters. The molecule has 0 aromatic heterocycles. The minimum absolute atomic E-state index is 0.0203. The van der Waals surface area contributed by atoms with Gasteiger partial charge in [0.2, 0.25) is 5.91 Å². The highest BCUT2D eigenvalue weighted by Gasteiger charge is 2.40. The SMILES string of the molecule is CC(C)(C)OC(=O)N1CCN(C(=O)C(C)(C)Oc2cccc(N3CCC[C@@H](C(=O)N(Cc4ccc(Br)c(C(F)(F)F)c4)C4CC4)C3)c2)CC1. The summed E-state index contributed by atoms with van der Waals surface area (Å²) in [5.41, 5.74) is -1.19. The third-order valence-electron chi connectivity index (χ3n) is 9.02. The van der Waals surface area contributed by atoms with E-state index in [1.54, 1.807) is 40.7 Å². The van der Waals surface area contributed by atoms with Crippen LogP contribution in [-0.4, -0.2) is 89.1 Å². The maximum atomic E-state index is 13.9. The molecule has 1 aliphatic carbocycles. The van der Waals surface area contributed by atoms with E-state index in [9.17, 15) is 27.6 Å². The second-order valence-electron chi connectivity index (χ2n) is 14.7. The molecule has 3 amide bonds. The van der Waals surface area contributed by atoms with Gasteiger partial charge in [-0.15, -0.1) is 0 Å². The first-order chi connectivity index (χ1) is 22.9. The van der Waals surface area contributed by atoms with Crippen molar-refractivity contribution < 1.29 is 37.0 Å². The van der Waals surface area contributed by atoms with Crippen molar-refractivity contribution in [3.05, 3.63) is 58.1 Å². The highest BCUT2D eigenvalue weighted by Crippen LogP contribution is 2.37. The maximum absolute atomic E-state index is 13.9. The number of piperidine rings is 1. The zero-order chi connectivity index (χ0) is 35.7. The van der Waals surface area contributed by atoms with Gasteiger partial charge in [0.05, 0.1) is 11.5 Å². The summed E-state index contributed by atoms with van der Waals surface area (Å²) in [6, 6.07) is 11.7. The Balaban J connectivity index is 1.20. The summed E-state index contributed by atoms with van der Waals surface area (Å²) in [5, 5.41) is 0. The average molecular weight is 752 g/mol. The van der Waals surface area contributed by atoms with Crippen LogP contribution in [0, 0.1) is 5.92 Å². The summed E-state index contributed by atoms with van der Waals surface area (Å²) in [6.07, 6.45) is -1.71. The van der Waals surface area contributed by atoms with E-state index in [2.05, 4.69) is 20.8 Å². The molecule has 2 aromatic carbocycles. The summed E-state index contributed by atoms with van der Waals surface area (Å²) < 4.78 is 52.4. The maximum Gasteiger partial charge on any atom is 0.417 e. The van der Waals surface area contributed by atoms with Gasteiger partial charge in [-0.2, -0.15) is 13.2 Å². The highest BCUT2D eigenvalue weighted by atomic mass is 79.9. The lowest BCUT2D eigenvalue weighted by molar-refractivity contribution is -0.147. The number of amides is 3. The summed E-state index contributed by atoms with van der Waals surface area (Å²) in [6.45, 7) is 11.8. The molecule has 2 heterocycles. The van der Waals surface area contributed by atoms with Gasteiger partial charge in [-0.1, -0.05) is 28.1 Å². The van der Waals surface area contributed by atoms with Crippen molar-refractivity contribution in [2.75, 3.05) is 44.2 Å². The smallest absolute Gasteiger partial charge is 0.417 e. The van der Waals surface area contributed by atoms with Crippen LogP contribution in [-0.2, 0) is 27.0 Å². The number of halogens is 4. The molecule has 1 saturated carbocycles. The predicted molar refractivity (Wildman–Crippen MR) is 183 cm³/mol. The summed E-state index contributed by atoms with van der Waals surface area (Å²) in [4.78, 5) is 47.1. The van der Waals surface area contributed by atoms with Crippen LogP contribution < -0.4 is 9.64 Å². The van der Waals surface area contributed by atoms with Crippen molar-refractivity contribution in [3.8, 4) is 5.75 Å². The first kappa shape index (κ1) is 36.8. The number of hydrogen-bond acceptors (Lipinski definition) is 6. The Morgan fingerprint density at radius 3 is 2.20 bits per heavy atom. The normalized spacial score (nSPS) is 19.0. The molecule has 2 saturated heterocycles. The Morgan fingerprint density at radius 2 is 1.57 bits per heavy atom. The van der Waals surface area contributed by atoms with Crippen LogP contribution in [0.2, 0.25) is 0 Å². The van der Waals surface area contributed by atoms with Crippen molar-refractivity contribution in [2.45, 2.75) is 90.3 Å². The zero-order valence-electron chi connectivity index (χ0n) is 28.8. The van der Waals surface area contributed by atoms with E-state index >= 15 is 0 Å². The van der Waals surface area contributed by atoms with Crippen molar-refractivity contribution in [1.82, 2.24) is 14.7 Å². The van der Waals surface area contributed by atoms with Crippen LogP contribution in [0.15, 0.2) is 46.9 Å². The van der Waals surface area contributed by atoms with E-state index in [-0.39, 0.29) is 34.8 Å². The Bertz CT molecular complexity index is 1530. The Kier molecular flexibility index (Phi) is 10.8. The molecule has 0 bridgehead atoms. The van der Waals surface area contributed by atoms with Crippen LogP contribution >= 0.6 is 15.9 Å². The number of nitrogens with zero attached hydrogens (tertiary/aromatic N) is 4. The molecule has 0 spiro atoms. The Labute approximate surface area is 294 Å². The predicted octanol–water partition coefficient (Wildman–Crippen LogP) is 7.11. The number of carbonyl (C=O) groups is 3. The van der Waals surface area contributed by atoms with Crippen LogP contribution in [0.25, 0.3) is 0 Å². The Hall–Kier alpha value is -3.48. The number of alkyl halides is 3. The monoisotopic (exact) mass is 750 g/mol. The fourth-order valence-corrected chi connectivity index (χ4v) is 6.86. The van der Waals surface area contributed by atoms with E-state index < -0.39 is 29.0 Å². The van der Waals surface area contributed by atoms with Crippen LogP contribution in [0.3, 0.4) is 0 Å². The molecule has 0 N–H and O–H groups in total. The number of benzene rings is 2. The molecule has 3 aliphatic rings. The van der Waals surface area contributed by atoms with Crippen LogP contribution in [0.1, 0.15) is 71.4 Å². The number of hydrogen-bond donors (Lipinski definition) is 0. The fourth-order valence-electron chi connectivity index (χ4n) is 6.39. The number of anilines is 1. The van der Waals surface area contributed by atoms with E-state index in [1.165, 1.54) is 6.07 Å². The van der Waals surface area contributed by atoms with E-state index in [0.717, 1.165) is 37.6 Å². The van der Waals surface area contributed by atoms with Gasteiger partial charge in [0.15, 0.2) is 5.60 Å². The zero-order valence-corrected chi connectivity index (χ0v) is 30.4. The van der Waals surface area contributed by atoms with Gasteiger partial charge >= 0.3 is 12.3 Å². The van der Waals surface area contributed by atoms with E-state index in [0.29, 0.717) is 50.5 Å². The third kappa shape index (κ3) is 9.40. The van der Waals surface area contributed by atoms with Gasteiger partial charge in [-0.3, -0.25) is 9.59 Å². The second-order valence-corrected chi connectivity index (χ2v) is 15.5. The number of piperazine rings is 1. The summed E-state index contributed by atoms with van der Waals surface area (Å²) in [7, 11) is 0. The van der Waals surface area contributed by atoms with Gasteiger partial charge in [0.1, 0.15) is 11.4 Å².